The molecule has 2 N–H and O–H groups in total. The Morgan fingerprint density at radius 3 is 2.39 bits per heavy atom. The van der Waals surface area contributed by atoms with Crippen molar-refractivity contribution in [3.8, 4) is 0 Å². The van der Waals surface area contributed by atoms with E-state index in [9.17, 15) is 9.59 Å². The summed E-state index contributed by atoms with van der Waals surface area (Å²) >= 11 is 0. The molecule has 7 heteroatoms. The molecule has 0 atom stereocenters. The van der Waals surface area contributed by atoms with Crippen LogP contribution < -0.4 is 15.1 Å². The highest BCUT2D eigenvalue weighted by Gasteiger charge is 2.31. The number of quaternary nitrogens is 1. The number of benzene rings is 2. The minimum Gasteiger partial charge on any atom is -0.447 e. The van der Waals surface area contributed by atoms with E-state index < -0.39 is 6.09 Å². The van der Waals surface area contributed by atoms with Gasteiger partial charge in [-0.3, -0.25) is 10.2 Å². The van der Waals surface area contributed by atoms with Gasteiger partial charge in [-0.2, -0.15) is 0 Å². The normalized spacial score (nSPS) is 16.4. The average Bonchev–Trinajstić information content (AvgIpc) is 2.89. The third-order valence-corrected chi connectivity index (χ3v) is 5.89. The van der Waals surface area contributed by atoms with Crippen LogP contribution in [0.2, 0.25) is 0 Å². The van der Waals surface area contributed by atoms with Crippen molar-refractivity contribution < 1.29 is 19.2 Å². The van der Waals surface area contributed by atoms with Gasteiger partial charge in [-0.15, -0.1) is 0 Å². The Labute approximate surface area is 183 Å². The van der Waals surface area contributed by atoms with Gasteiger partial charge in [0.1, 0.15) is 0 Å². The van der Waals surface area contributed by atoms with Crippen molar-refractivity contribution in [3.63, 3.8) is 0 Å². The summed E-state index contributed by atoms with van der Waals surface area (Å²) in [6.45, 7) is 6.97. The molecule has 2 aliphatic rings. The van der Waals surface area contributed by atoms with Crippen LogP contribution in [0, 0.1) is 0 Å². The van der Waals surface area contributed by atoms with E-state index in [-0.39, 0.29) is 12.1 Å². The number of nitrogens with zero attached hydrogens (tertiary/aromatic N) is 2. The van der Waals surface area contributed by atoms with E-state index in [2.05, 4.69) is 18.4 Å². The standard InChI is InChI=1S/C24H30N4O3/c1-17(2)31-23(29)25-20-11-10-19-9-8-18-6-4-5-7-21(18)28(22(19)16-20)24(30)27-14-12-26(3)13-15-27/h4-7,10-11,16-17H,8-9,12-15H2,1-3H3,(H,25,29)/p+1. The van der Waals surface area contributed by atoms with Gasteiger partial charge in [0.15, 0.2) is 0 Å². The smallest absolute Gasteiger partial charge is 0.411 e. The first-order chi connectivity index (χ1) is 14.9. The van der Waals surface area contributed by atoms with Gasteiger partial charge in [-0.05, 0) is 56.0 Å². The molecule has 0 spiro atoms. The highest BCUT2D eigenvalue weighted by atomic mass is 16.6. The summed E-state index contributed by atoms with van der Waals surface area (Å²) in [6, 6.07) is 13.8. The van der Waals surface area contributed by atoms with Crippen molar-refractivity contribution in [2.45, 2.75) is 32.8 Å². The molecule has 0 aromatic heterocycles. The number of anilines is 3. The Kier molecular flexibility index (Phi) is 6.13. The number of para-hydroxylation sites is 1. The van der Waals surface area contributed by atoms with Gasteiger partial charge in [0.2, 0.25) is 0 Å². The van der Waals surface area contributed by atoms with Gasteiger partial charge in [-0.1, -0.05) is 24.3 Å². The fourth-order valence-electron chi connectivity index (χ4n) is 4.19. The first-order valence-electron chi connectivity index (χ1n) is 11.0. The molecule has 7 nitrogen and oxygen atoms in total. The van der Waals surface area contributed by atoms with Crippen LogP contribution in [0.5, 0.6) is 0 Å². The van der Waals surface area contributed by atoms with Gasteiger partial charge < -0.3 is 14.5 Å². The van der Waals surface area contributed by atoms with E-state index >= 15 is 0 Å². The maximum Gasteiger partial charge on any atom is 0.411 e. The van der Waals surface area contributed by atoms with Crippen LogP contribution >= 0.6 is 0 Å². The lowest BCUT2D eigenvalue weighted by Gasteiger charge is -2.35. The van der Waals surface area contributed by atoms with E-state index in [4.69, 9.17) is 4.74 Å². The molecule has 1 saturated heterocycles. The topological polar surface area (TPSA) is 66.3 Å². The zero-order valence-corrected chi connectivity index (χ0v) is 18.5. The van der Waals surface area contributed by atoms with Crippen molar-refractivity contribution in [1.82, 2.24) is 4.90 Å². The summed E-state index contributed by atoms with van der Waals surface area (Å²) in [4.78, 5) is 31.1. The number of rotatable bonds is 2. The molecular formula is C24H31N4O3+. The van der Waals surface area contributed by atoms with Crippen molar-refractivity contribution >= 4 is 29.2 Å². The highest BCUT2D eigenvalue weighted by Crippen LogP contribution is 2.38. The third-order valence-electron chi connectivity index (χ3n) is 5.89. The van der Waals surface area contributed by atoms with Crippen LogP contribution in [-0.4, -0.2) is 56.4 Å². The number of urea groups is 1. The number of piperazine rings is 1. The number of carbonyl (C=O) groups is 2. The number of aryl methyl sites for hydroxylation is 2. The number of carbonyl (C=O) groups excluding carboxylic acids is 2. The first kappa shape index (κ1) is 21.2. The highest BCUT2D eigenvalue weighted by molar-refractivity contribution is 6.02. The molecule has 2 aromatic rings. The Bertz CT molecular complexity index is 967. The molecule has 0 unspecified atom stereocenters. The number of fused-ring (bicyclic) bond motifs is 2. The summed E-state index contributed by atoms with van der Waals surface area (Å²) in [5.74, 6) is 0. The van der Waals surface area contributed by atoms with Crippen molar-refractivity contribution in [2.24, 2.45) is 0 Å². The fourth-order valence-corrected chi connectivity index (χ4v) is 4.19. The van der Waals surface area contributed by atoms with Crippen LogP contribution in [0.15, 0.2) is 42.5 Å². The predicted molar refractivity (Wildman–Crippen MR) is 121 cm³/mol. The molecule has 31 heavy (non-hydrogen) atoms. The van der Waals surface area contributed by atoms with Crippen LogP contribution in [0.3, 0.4) is 0 Å². The molecule has 0 saturated carbocycles. The Balaban J connectivity index is 1.71. The van der Waals surface area contributed by atoms with Gasteiger partial charge in [0, 0.05) is 5.69 Å². The van der Waals surface area contributed by atoms with Crippen molar-refractivity contribution in [2.75, 3.05) is 43.4 Å². The largest absolute Gasteiger partial charge is 0.447 e. The van der Waals surface area contributed by atoms with E-state index in [0.717, 1.165) is 61.5 Å². The lowest BCUT2D eigenvalue weighted by Crippen LogP contribution is -3.12. The number of nitrogens with one attached hydrogen (secondary N) is 2. The fraction of sp³-hybridized carbons (Fsp3) is 0.417. The van der Waals surface area contributed by atoms with Crippen LogP contribution in [0.1, 0.15) is 25.0 Å². The number of ether oxygens (including phenoxy) is 1. The molecule has 2 aliphatic heterocycles. The second-order valence-electron chi connectivity index (χ2n) is 8.61. The zero-order chi connectivity index (χ0) is 22.0. The average molecular weight is 424 g/mol. The molecule has 2 aromatic carbocycles. The molecule has 4 rings (SSSR count). The molecule has 0 radical (unpaired) electrons. The maximum atomic E-state index is 13.7. The van der Waals surface area contributed by atoms with Gasteiger partial charge >= 0.3 is 12.1 Å². The van der Waals surface area contributed by atoms with E-state index in [1.165, 1.54) is 4.90 Å². The molecule has 2 heterocycles. The number of hydrogen-bond acceptors (Lipinski definition) is 3. The van der Waals surface area contributed by atoms with Gasteiger partial charge in [-0.25, -0.2) is 9.59 Å². The van der Waals surface area contributed by atoms with Crippen molar-refractivity contribution in [3.05, 3.63) is 53.6 Å². The molecule has 164 valence electrons. The maximum absolute atomic E-state index is 13.7. The Morgan fingerprint density at radius 1 is 1.00 bits per heavy atom. The number of likely N-dealkylation sites (N-methyl/N-ethyl adjacent to an activating group) is 1. The number of amides is 3. The summed E-state index contributed by atoms with van der Waals surface area (Å²) in [5.41, 5.74) is 4.60. The summed E-state index contributed by atoms with van der Waals surface area (Å²) in [6.07, 6.45) is 0.996. The predicted octanol–water partition coefficient (Wildman–Crippen LogP) is 2.83. The van der Waals surface area contributed by atoms with E-state index in [1.54, 1.807) is 0 Å². The molecular weight excluding hydrogens is 392 g/mol. The Hall–Kier alpha value is -3.06. The minimum atomic E-state index is -0.496. The van der Waals surface area contributed by atoms with Crippen LogP contribution in [0.4, 0.5) is 26.7 Å². The quantitative estimate of drug-likeness (QED) is 0.781. The molecule has 0 aliphatic carbocycles. The second kappa shape index (κ2) is 8.98. The van der Waals surface area contributed by atoms with E-state index in [0.29, 0.717) is 5.69 Å². The monoisotopic (exact) mass is 423 g/mol. The first-order valence-corrected chi connectivity index (χ1v) is 11.0. The summed E-state index contributed by atoms with van der Waals surface area (Å²) < 4.78 is 5.22. The van der Waals surface area contributed by atoms with Crippen LogP contribution in [0.25, 0.3) is 0 Å². The molecule has 0 bridgehead atoms. The zero-order valence-electron chi connectivity index (χ0n) is 18.5. The van der Waals surface area contributed by atoms with Gasteiger partial charge in [0.25, 0.3) is 0 Å². The SMILES string of the molecule is CC(C)OC(=O)Nc1ccc2c(c1)N(C(=O)N1CC[NH+](C)CC1)c1ccccc1CC2. The van der Waals surface area contributed by atoms with Crippen molar-refractivity contribution in [1.29, 1.82) is 0 Å². The Morgan fingerprint density at radius 2 is 1.68 bits per heavy atom. The molecule has 1 fully saturated rings. The summed E-state index contributed by atoms with van der Waals surface area (Å²) in [5, 5.41) is 2.80. The van der Waals surface area contributed by atoms with Gasteiger partial charge in [0.05, 0.1) is 50.7 Å². The van der Waals surface area contributed by atoms with Crippen LogP contribution in [-0.2, 0) is 17.6 Å². The molecule has 3 amide bonds. The number of hydrogen-bond donors (Lipinski definition) is 2. The minimum absolute atomic E-state index is 0.00925. The van der Waals surface area contributed by atoms with E-state index in [1.807, 2.05) is 60.0 Å². The second-order valence-corrected chi connectivity index (χ2v) is 8.61. The summed E-state index contributed by atoms with van der Waals surface area (Å²) in [7, 11) is 2.16. The third kappa shape index (κ3) is 4.66. The lowest BCUT2D eigenvalue weighted by atomic mass is 10.0. The lowest BCUT2D eigenvalue weighted by molar-refractivity contribution is -0.883.